The van der Waals surface area contributed by atoms with E-state index in [0.717, 1.165) is 5.56 Å². The number of hydrogen-bond acceptors (Lipinski definition) is 6. The first-order valence-corrected chi connectivity index (χ1v) is 9.02. The number of ether oxygens (including phenoxy) is 2. The highest BCUT2D eigenvalue weighted by molar-refractivity contribution is 7.87. The van der Waals surface area contributed by atoms with Gasteiger partial charge in [0, 0.05) is 12.5 Å². The van der Waals surface area contributed by atoms with Crippen LogP contribution in [0.25, 0.3) is 0 Å². The molecule has 0 unspecified atom stereocenters. The van der Waals surface area contributed by atoms with E-state index in [0.29, 0.717) is 31.1 Å². The molecule has 132 valence electrons. The maximum atomic E-state index is 12.6. The van der Waals surface area contributed by atoms with Crippen molar-refractivity contribution in [1.29, 1.82) is 0 Å². The molecule has 1 amide bonds. The van der Waals surface area contributed by atoms with Crippen LogP contribution in [0.15, 0.2) is 41.3 Å². The van der Waals surface area contributed by atoms with Gasteiger partial charge in [0.25, 0.3) is 5.91 Å². The molecule has 7 nitrogen and oxygen atoms in total. The van der Waals surface area contributed by atoms with Crippen LogP contribution in [-0.2, 0) is 10.1 Å². The van der Waals surface area contributed by atoms with Gasteiger partial charge < -0.3 is 19.4 Å². The van der Waals surface area contributed by atoms with Crippen LogP contribution in [0.3, 0.4) is 0 Å². The molecule has 0 aliphatic carbocycles. The summed E-state index contributed by atoms with van der Waals surface area (Å²) in [5.41, 5.74) is 6.00. The van der Waals surface area contributed by atoms with Gasteiger partial charge in [-0.1, -0.05) is 6.07 Å². The van der Waals surface area contributed by atoms with E-state index >= 15 is 0 Å². The molecule has 2 aromatic rings. The Bertz CT molecular complexity index is 923. The number of amides is 1. The van der Waals surface area contributed by atoms with Crippen molar-refractivity contribution in [3.05, 3.63) is 47.5 Å². The van der Waals surface area contributed by atoms with Crippen LogP contribution < -0.4 is 19.4 Å². The van der Waals surface area contributed by atoms with E-state index in [2.05, 4.69) is 0 Å². The first kappa shape index (κ1) is 17.1. The van der Waals surface area contributed by atoms with Crippen LogP contribution in [0.1, 0.15) is 22.3 Å². The van der Waals surface area contributed by atoms with E-state index in [1.54, 1.807) is 13.0 Å². The van der Waals surface area contributed by atoms with Gasteiger partial charge in [0.2, 0.25) is 0 Å². The monoisotopic (exact) mass is 363 g/mol. The van der Waals surface area contributed by atoms with Gasteiger partial charge in [0.15, 0.2) is 17.2 Å². The Morgan fingerprint density at radius 2 is 1.80 bits per heavy atom. The number of benzene rings is 2. The molecule has 1 aliphatic rings. The second-order valence-electron chi connectivity index (χ2n) is 5.56. The molecule has 25 heavy (non-hydrogen) atoms. The molecule has 1 heterocycles. The zero-order valence-corrected chi connectivity index (χ0v) is 14.3. The largest absolute Gasteiger partial charge is 0.490 e. The molecular weight excluding hydrogens is 346 g/mol. The molecule has 0 spiro atoms. The van der Waals surface area contributed by atoms with E-state index in [-0.39, 0.29) is 16.2 Å². The molecule has 0 saturated carbocycles. The molecule has 0 bridgehead atoms. The van der Waals surface area contributed by atoms with Gasteiger partial charge >= 0.3 is 10.1 Å². The van der Waals surface area contributed by atoms with Gasteiger partial charge in [-0.2, -0.15) is 8.42 Å². The van der Waals surface area contributed by atoms with Gasteiger partial charge in [-0.05, 0) is 36.8 Å². The lowest BCUT2D eigenvalue weighted by Gasteiger charge is -2.12. The summed E-state index contributed by atoms with van der Waals surface area (Å²) in [5, 5.41) is 0. The fourth-order valence-corrected chi connectivity index (χ4v) is 3.32. The average molecular weight is 363 g/mol. The van der Waals surface area contributed by atoms with Crippen molar-refractivity contribution < 1.29 is 26.9 Å². The molecule has 0 saturated heterocycles. The van der Waals surface area contributed by atoms with Gasteiger partial charge in [-0.25, -0.2) is 0 Å². The van der Waals surface area contributed by atoms with Crippen LogP contribution in [-0.4, -0.2) is 27.5 Å². The number of rotatable bonds is 4. The summed E-state index contributed by atoms with van der Waals surface area (Å²) in [5.74, 6) is -0.0742. The Labute approximate surface area is 145 Å². The van der Waals surface area contributed by atoms with Gasteiger partial charge in [-0.3, -0.25) is 4.79 Å². The number of nitrogens with two attached hydrogens (primary N) is 1. The van der Waals surface area contributed by atoms with Crippen molar-refractivity contribution in [2.24, 2.45) is 5.73 Å². The summed E-state index contributed by atoms with van der Waals surface area (Å²) in [6.45, 7) is 2.68. The first-order valence-electron chi connectivity index (χ1n) is 7.61. The summed E-state index contributed by atoms with van der Waals surface area (Å²) in [6, 6.07) is 8.74. The van der Waals surface area contributed by atoms with E-state index in [1.165, 1.54) is 30.3 Å². The number of carbonyl (C=O) groups excluding carboxylic acids is 1. The van der Waals surface area contributed by atoms with Crippen LogP contribution in [0.2, 0.25) is 0 Å². The second kappa shape index (κ2) is 6.64. The molecule has 3 rings (SSSR count). The van der Waals surface area contributed by atoms with Crippen LogP contribution in [0.5, 0.6) is 17.2 Å². The van der Waals surface area contributed by atoms with Crippen molar-refractivity contribution >= 4 is 16.0 Å². The van der Waals surface area contributed by atoms with Crippen molar-refractivity contribution in [1.82, 2.24) is 0 Å². The Balaban J connectivity index is 1.97. The van der Waals surface area contributed by atoms with Gasteiger partial charge in [-0.15, -0.1) is 0 Å². The van der Waals surface area contributed by atoms with E-state index in [1.807, 2.05) is 0 Å². The third kappa shape index (κ3) is 3.69. The highest BCUT2D eigenvalue weighted by Crippen LogP contribution is 2.33. The normalized spacial score (nSPS) is 13.8. The quantitative estimate of drug-likeness (QED) is 0.833. The lowest BCUT2D eigenvalue weighted by molar-refractivity contribution is 0.0999. The minimum atomic E-state index is -4.17. The highest BCUT2D eigenvalue weighted by Gasteiger charge is 2.23. The molecule has 1 aliphatic heterocycles. The smallest absolute Gasteiger partial charge is 0.339 e. The summed E-state index contributed by atoms with van der Waals surface area (Å²) in [6.07, 6.45) is 0.707. The van der Waals surface area contributed by atoms with Crippen molar-refractivity contribution in [2.75, 3.05) is 13.2 Å². The number of hydrogen-bond donors (Lipinski definition) is 1. The predicted molar refractivity (Wildman–Crippen MR) is 89.6 cm³/mol. The van der Waals surface area contributed by atoms with Crippen LogP contribution in [0.4, 0.5) is 0 Å². The molecule has 2 N–H and O–H groups in total. The van der Waals surface area contributed by atoms with Crippen molar-refractivity contribution in [2.45, 2.75) is 18.2 Å². The van der Waals surface area contributed by atoms with E-state index in [4.69, 9.17) is 19.4 Å². The number of primary amides is 1. The highest BCUT2D eigenvalue weighted by atomic mass is 32.2. The Morgan fingerprint density at radius 1 is 1.08 bits per heavy atom. The molecule has 0 radical (unpaired) electrons. The van der Waals surface area contributed by atoms with E-state index < -0.39 is 16.0 Å². The summed E-state index contributed by atoms with van der Waals surface area (Å²) in [4.78, 5) is 11.4. The third-order valence-corrected chi connectivity index (χ3v) is 4.84. The first-order chi connectivity index (χ1) is 11.9. The fraction of sp³-hybridized carbons (Fsp3) is 0.235. The zero-order valence-electron chi connectivity index (χ0n) is 13.5. The standard InChI is InChI=1S/C17H17NO6S/c1-11-3-5-13(17(18)19)15(9-11)24-25(20,21)12-4-6-14-16(10-12)23-8-2-7-22-14/h3-6,9-10H,2,7-8H2,1H3,(H2,18,19). The number of carbonyl (C=O) groups is 1. The van der Waals surface area contributed by atoms with Crippen molar-refractivity contribution in [3.63, 3.8) is 0 Å². The zero-order chi connectivity index (χ0) is 18.0. The van der Waals surface area contributed by atoms with Gasteiger partial charge in [0.05, 0.1) is 18.8 Å². The topological polar surface area (TPSA) is 105 Å². The molecule has 2 aromatic carbocycles. The predicted octanol–water partition coefficient (Wildman–Crippen LogP) is 2.02. The Hall–Kier alpha value is -2.74. The van der Waals surface area contributed by atoms with Crippen molar-refractivity contribution in [3.8, 4) is 17.2 Å². The van der Waals surface area contributed by atoms with Crippen LogP contribution >= 0.6 is 0 Å². The lowest BCUT2D eigenvalue weighted by Crippen LogP contribution is -2.16. The molecule has 0 fully saturated rings. The minimum Gasteiger partial charge on any atom is -0.490 e. The summed E-state index contributed by atoms with van der Waals surface area (Å²) >= 11 is 0. The van der Waals surface area contributed by atoms with Gasteiger partial charge in [0.1, 0.15) is 4.90 Å². The minimum absolute atomic E-state index is 0.0106. The molecular formula is C17H17NO6S. The molecule has 8 heteroatoms. The third-order valence-electron chi connectivity index (χ3n) is 3.61. The maximum Gasteiger partial charge on any atom is 0.339 e. The molecule has 0 aromatic heterocycles. The average Bonchev–Trinajstić information content (AvgIpc) is 2.78. The summed E-state index contributed by atoms with van der Waals surface area (Å²) < 4.78 is 41.3. The molecule has 0 atom stereocenters. The lowest BCUT2D eigenvalue weighted by atomic mass is 10.1. The Kier molecular flexibility index (Phi) is 4.54. The van der Waals surface area contributed by atoms with Crippen LogP contribution in [0, 0.1) is 6.92 Å². The second-order valence-corrected chi connectivity index (χ2v) is 7.11. The number of fused-ring (bicyclic) bond motifs is 1. The number of aryl methyl sites for hydroxylation is 1. The fourth-order valence-electron chi connectivity index (χ4n) is 2.37. The maximum absolute atomic E-state index is 12.6. The Morgan fingerprint density at radius 3 is 2.52 bits per heavy atom. The SMILES string of the molecule is Cc1ccc(C(N)=O)c(OS(=O)(=O)c2ccc3c(c2)OCCCO3)c1. The summed E-state index contributed by atoms with van der Waals surface area (Å²) in [7, 11) is -4.17. The van der Waals surface area contributed by atoms with E-state index in [9.17, 15) is 13.2 Å².